The molecular weight excluding hydrogens is 464 g/mol. The SMILES string of the molecule is Cc1ccc(S(=O)(=O)n2c3ccccc3c3c(-n4c5ccccc5c5ccccc54)cccc32)cc1. The first-order valence-corrected chi connectivity index (χ1v) is 13.3. The van der Waals surface area contributed by atoms with Gasteiger partial charge in [0.05, 0.1) is 32.6 Å². The van der Waals surface area contributed by atoms with Crippen molar-refractivity contribution in [1.29, 1.82) is 0 Å². The van der Waals surface area contributed by atoms with Crippen LogP contribution in [0.15, 0.2) is 120 Å². The Morgan fingerprint density at radius 2 is 1.06 bits per heavy atom. The lowest BCUT2D eigenvalue weighted by atomic mass is 10.1. The zero-order valence-electron chi connectivity index (χ0n) is 19.6. The average molecular weight is 487 g/mol. The van der Waals surface area contributed by atoms with Crippen molar-refractivity contribution < 1.29 is 8.42 Å². The quantitative estimate of drug-likeness (QED) is 0.261. The van der Waals surface area contributed by atoms with Gasteiger partial charge in [-0.25, -0.2) is 12.4 Å². The molecule has 5 heteroatoms. The van der Waals surface area contributed by atoms with E-state index in [2.05, 4.69) is 47.0 Å². The topological polar surface area (TPSA) is 44.0 Å². The molecular formula is C31H22N2O2S. The summed E-state index contributed by atoms with van der Waals surface area (Å²) < 4.78 is 31.8. The average Bonchev–Trinajstić information content (AvgIpc) is 3.43. The van der Waals surface area contributed by atoms with Crippen molar-refractivity contribution in [2.24, 2.45) is 0 Å². The Hall–Kier alpha value is -4.35. The second kappa shape index (κ2) is 7.57. The molecule has 0 aliphatic rings. The lowest BCUT2D eigenvalue weighted by Crippen LogP contribution is -2.12. The van der Waals surface area contributed by atoms with E-state index in [1.807, 2.05) is 67.6 Å². The summed E-state index contributed by atoms with van der Waals surface area (Å²) in [4.78, 5) is 0.276. The molecule has 0 bridgehead atoms. The van der Waals surface area contributed by atoms with Crippen LogP contribution in [0.3, 0.4) is 0 Å². The highest BCUT2D eigenvalue weighted by atomic mass is 32.2. The van der Waals surface area contributed by atoms with Gasteiger partial charge in [-0.3, -0.25) is 0 Å². The fourth-order valence-electron chi connectivity index (χ4n) is 5.41. The molecule has 7 aromatic rings. The first-order chi connectivity index (χ1) is 17.6. The summed E-state index contributed by atoms with van der Waals surface area (Å²) in [7, 11) is -3.83. The molecule has 36 heavy (non-hydrogen) atoms. The Morgan fingerprint density at radius 3 is 1.69 bits per heavy atom. The second-order valence-electron chi connectivity index (χ2n) is 9.14. The number of fused-ring (bicyclic) bond motifs is 6. The van der Waals surface area contributed by atoms with Crippen molar-refractivity contribution >= 4 is 53.6 Å². The molecule has 2 heterocycles. The van der Waals surface area contributed by atoms with Gasteiger partial charge in [-0.1, -0.05) is 78.4 Å². The zero-order chi connectivity index (χ0) is 24.4. The molecule has 2 aromatic heterocycles. The number of rotatable bonds is 3. The Bertz CT molecular complexity index is 2010. The van der Waals surface area contributed by atoms with Crippen molar-refractivity contribution in [2.45, 2.75) is 11.8 Å². The monoisotopic (exact) mass is 486 g/mol. The highest BCUT2D eigenvalue weighted by Crippen LogP contribution is 2.39. The van der Waals surface area contributed by atoms with E-state index in [0.717, 1.165) is 33.1 Å². The summed E-state index contributed by atoms with van der Waals surface area (Å²) in [5.74, 6) is 0. The summed E-state index contributed by atoms with van der Waals surface area (Å²) in [5, 5.41) is 4.15. The molecule has 0 aliphatic heterocycles. The molecule has 0 atom stereocenters. The molecule has 5 aromatic carbocycles. The number of hydrogen-bond donors (Lipinski definition) is 0. The minimum absolute atomic E-state index is 0.276. The molecule has 0 spiro atoms. The molecule has 7 rings (SSSR count). The van der Waals surface area contributed by atoms with Gasteiger partial charge in [0.1, 0.15) is 0 Å². The molecule has 0 saturated heterocycles. The molecule has 0 unspecified atom stereocenters. The highest BCUT2D eigenvalue weighted by Gasteiger charge is 2.25. The van der Waals surface area contributed by atoms with E-state index in [4.69, 9.17) is 0 Å². The molecule has 0 fully saturated rings. The lowest BCUT2D eigenvalue weighted by Gasteiger charge is -2.12. The predicted octanol–water partition coefficient (Wildman–Crippen LogP) is 7.44. The molecule has 0 saturated carbocycles. The lowest BCUT2D eigenvalue weighted by molar-refractivity contribution is 0.590. The van der Waals surface area contributed by atoms with Crippen LogP contribution < -0.4 is 0 Å². The van der Waals surface area contributed by atoms with Gasteiger partial charge in [-0.05, 0) is 49.4 Å². The van der Waals surface area contributed by atoms with E-state index in [9.17, 15) is 8.42 Å². The minimum atomic E-state index is -3.83. The maximum atomic E-state index is 14.0. The van der Waals surface area contributed by atoms with Gasteiger partial charge >= 0.3 is 0 Å². The van der Waals surface area contributed by atoms with Gasteiger partial charge in [0.25, 0.3) is 10.0 Å². The van der Waals surface area contributed by atoms with Crippen molar-refractivity contribution in [3.63, 3.8) is 0 Å². The molecule has 0 N–H and O–H groups in total. The number of aromatic nitrogens is 2. The summed E-state index contributed by atoms with van der Waals surface area (Å²) in [5.41, 5.74) is 5.48. The number of nitrogens with zero attached hydrogens (tertiary/aromatic N) is 2. The van der Waals surface area contributed by atoms with Crippen molar-refractivity contribution in [3.8, 4) is 5.69 Å². The molecule has 4 nitrogen and oxygen atoms in total. The first-order valence-electron chi connectivity index (χ1n) is 11.9. The van der Waals surface area contributed by atoms with E-state index in [-0.39, 0.29) is 4.90 Å². The van der Waals surface area contributed by atoms with Crippen LogP contribution in [0.1, 0.15) is 5.56 Å². The van der Waals surface area contributed by atoms with E-state index >= 15 is 0 Å². The van der Waals surface area contributed by atoms with Crippen molar-refractivity contribution in [1.82, 2.24) is 8.54 Å². The van der Waals surface area contributed by atoms with E-state index in [0.29, 0.717) is 11.0 Å². The van der Waals surface area contributed by atoms with Gasteiger partial charge in [0.15, 0.2) is 0 Å². The Balaban J connectivity index is 1.65. The smallest absolute Gasteiger partial charge is 0.268 e. The maximum Gasteiger partial charge on any atom is 0.268 e. The van der Waals surface area contributed by atoms with Gasteiger partial charge in [-0.15, -0.1) is 0 Å². The highest BCUT2D eigenvalue weighted by molar-refractivity contribution is 7.90. The predicted molar refractivity (Wildman–Crippen MR) is 148 cm³/mol. The normalized spacial score (nSPS) is 12.2. The van der Waals surface area contributed by atoms with Gasteiger partial charge in [-0.2, -0.15) is 0 Å². The fourth-order valence-corrected chi connectivity index (χ4v) is 6.93. The Morgan fingerprint density at radius 1 is 0.528 bits per heavy atom. The summed E-state index contributed by atoms with van der Waals surface area (Å²) >= 11 is 0. The van der Waals surface area contributed by atoms with E-state index < -0.39 is 10.0 Å². The Labute approximate surface area is 208 Å². The van der Waals surface area contributed by atoms with Crippen molar-refractivity contribution in [3.05, 3.63) is 121 Å². The largest absolute Gasteiger partial charge is 0.309 e. The van der Waals surface area contributed by atoms with Crippen LogP contribution in [0.4, 0.5) is 0 Å². The number of aryl methyl sites for hydroxylation is 1. The number of hydrogen-bond acceptors (Lipinski definition) is 2. The maximum absolute atomic E-state index is 14.0. The van der Waals surface area contributed by atoms with Crippen LogP contribution in [0.2, 0.25) is 0 Å². The summed E-state index contributed by atoms with van der Waals surface area (Å²) in [6.45, 7) is 1.95. The van der Waals surface area contributed by atoms with Crippen molar-refractivity contribution in [2.75, 3.05) is 0 Å². The zero-order valence-corrected chi connectivity index (χ0v) is 20.4. The fraction of sp³-hybridized carbons (Fsp3) is 0.0323. The van der Waals surface area contributed by atoms with E-state index in [1.165, 1.54) is 14.7 Å². The van der Waals surface area contributed by atoms with Crippen LogP contribution in [-0.2, 0) is 10.0 Å². The molecule has 174 valence electrons. The summed E-state index contributed by atoms with van der Waals surface area (Å²) in [6.07, 6.45) is 0. The van der Waals surface area contributed by atoms with Gasteiger partial charge < -0.3 is 4.57 Å². The van der Waals surface area contributed by atoms with E-state index in [1.54, 1.807) is 12.1 Å². The molecule has 0 aliphatic carbocycles. The van der Waals surface area contributed by atoms with Gasteiger partial charge in [0, 0.05) is 21.5 Å². The third-order valence-electron chi connectivity index (χ3n) is 7.01. The molecule has 0 amide bonds. The second-order valence-corrected chi connectivity index (χ2v) is 10.9. The Kier molecular flexibility index (Phi) is 4.41. The summed E-state index contributed by atoms with van der Waals surface area (Å²) in [6, 6.07) is 37.4. The third-order valence-corrected chi connectivity index (χ3v) is 8.75. The first kappa shape index (κ1) is 21.0. The molecule has 0 radical (unpaired) electrons. The van der Waals surface area contributed by atoms with Crippen LogP contribution in [0.25, 0.3) is 49.3 Å². The number of para-hydroxylation sites is 3. The van der Waals surface area contributed by atoms with Crippen LogP contribution >= 0.6 is 0 Å². The van der Waals surface area contributed by atoms with Gasteiger partial charge in [0.2, 0.25) is 0 Å². The van der Waals surface area contributed by atoms with Crippen LogP contribution in [0.5, 0.6) is 0 Å². The standard InChI is InChI=1S/C31H22N2O2S/c1-21-17-19-22(20-18-21)36(34,35)33-28-14-7-4-11-25(28)31-29(15-8-16-30(31)33)32-26-12-5-2-9-23(26)24-10-3-6-13-27(24)32/h2-20H,1H3. The minimum Gasteiger partial charge on any atom is -0.309 e. The number of benzene rings is 5. The van der Waals surface area contributed by atoms with Crippen LogP contribution in [0, 0.1) is 6.92 Å². The third kappa shape index (κ3) is 2.84. The van der Waals surface area contributed by atoms with Crippen LogP contribution in [-0.4, -0.2) is 17.0 Å².